The monoisotopic (exact) mass is 614 g/mol. The molecule has 2 atom stereocenters. The summed E-state index contributed by atoms with van der Waals surface area (Å²) in [5, 5.41) is 0. The number of ether oxygens (including phenoxy) is 2. The number of esters is 2. The molecule has 2 heterocycles. The van der Waals surface area contributed by atoms with E-state index in [-0.39, 0.29) is 29.6 Å². The van der Waals surface area contributed by atoms with Gasteiger partial charge in [-0.3, -0.25) is 9.59 Å². The molecule has 1 aliphatic carbocycles. The lowest BCUT2D eigenvalue weighted by Crippen LogP contribution is -2.32. The van der Waals surface area contributed by atoms with Gasteiger partial charge in [0.15, 0.2) is 0 Å². The van der Waals surface area contributed by atoms with Crippen LogP contribution in [0.25, 0.3) is 0 Å². The highest BCUT2D eigenvalue weighted by Crippen LogP contribution is 2.54. The van der Waals surface area contributed by atoms with Crippen LogP contribution in [0.4, 0.5) is 0 Å². The summed E-state index contributed by atoms with van der Waals surface area (Å²) in [7, 11) is 0. The zero-order valence-corrected chi connectivity index (χ0v) is 27.9. The highest BCUT2D eigenvalue weighted by Gasteiger charge is 2.45. The van der Waals surface area contributed by atoms with E-state index >= 15 is 0 Å². The van der Waals surface area contributed by atoms with E-state index in [9.17, 15) is 9.59 Å². The first kappa shape index (κ1) is 30.5. The zero-order chi connectivity index (χ0) is 32.4. The van der Waals surface area contributed by atoms with Crippen molar-refractivity contribution in [2.24, 2.45) is 0 Å². The average Bonchev–Trinajstić information content (AvgIpc) is 3.55. The molecule has 46 heavy (non-hydrogen) atoms. The van der Waals surface area contributed by atoms with Crippen LogP contribution >= 0.6 is 0 Å². The first-order chi connectivity index (χ1) is 21.9. The van der Waals surface area contributed by atoms with Gasteiger partial charge in [0, 0.05) is 29.1 Å². The van der Waals surface area contributed by atoms with Gasteiger partial charge in [-0.2, -0.15) is 0 Å². The third-order valence-electron chi connectivity index (χ3n) is 10.4. The molecule has 0 amide bonds. The van der Waals surface area contributed by atoms with Gasteiger partial charge in [0.2, 0.25) is 0 Å². The van der Waals surface area contributed by atoms with Gasteiger partial charge in [0.1, 0.15) is 23.3 Å². The maximum Gasteiger partial charge on any atom is 0.323 e. The van der Waals surface area contributed by atoms with Crippen molar-refractivity contribution in [2.75, 3.05) is 0 Å². The molecule has 0 spiro atoms. The number of carbonyl (C=O) groups is 2. The maximum atomic E-state index is 13.6. The summed E-state index contributed by atoms with van der Waals surface area (Å²) >= 11 is 0. The molecule has 7 rings (SSSR count). The summed E-state index contributed by atoms with van der Waals surface area (Å²) in [6.07, 6.45) is 5.40. The normalized spacial score (nSPS) is 20.6. The largest absolute Gasteiger partial charge is 0.425 e. The minimum Gasteiger partial charge on any atom is -0.425 e. The average molecular weight is 615 g/mol. The van der Waals surface area contributed by atoms with Gasteiger partial charge in [0.05, 0.1) is 0 Å². The maximum absolute atomic E-state index is 13.6. The fraction of sp³-hybridized carbons (Fsp3) is 0.381. The van der Waals surface area contributed by atoms with Gasteiger partial charge in [-0.05, 0) is 58.1 Å². The van der Waals surface area contributed by atoms with Crippen molar-refractivity contribution in [3.8, 4) is 11.5 Å². The standard InChI is InChI=1S/C42H44O4.H2/c1-40(2,3)32-24-28(22-30-34(38(43)45-36(30)32)26-16-10-7-11-17-26)42(20-14-9-15-21-42)29-23-31-35(27-18-12-8-13-19-27)39(44)46-37(31)33(25-29)41(4,5)6;/h7-8,10-13,16-19,22-25,34-35H,9,14-15,20-21H2,1-6H3;1H. The lowest BCUT2D eigenvalue weighted by atomic mass is 9.63. The number of hydrogen-bond acceptors (Lipinski definition) is 4. The summed E-state index contributed by atoms with van der Waals surface area (Å²) in [5.41, 5.74) is 7.65. The summed E-state index contributed by atoms with van der Waals surface area (Å²) in [4.78, 5) is 27.1. The molecular weight excluding hydrogens is 568 g/mol. The number of benzene rings is 4. The lowest BCUT2D eigenvalue weighted by molar-refractivity contribution is -0.134. The molecule has 0 saturated heterocycles. The Hall–Kier alpha value is -4.18. The van der Waals surface area contributed by atoms with E-state index in [0.29, 0.717) is 11.5 Å². The molecule has 0 aromatic heterocycles. The Balaban J connectivity index is 0.00000386. The topological polar surface area (TPSA) is 52.6 Å². The van der Waals surface area contributed by atoms with Crippen molar-refractivity contribution in [3.63, 3.8) is 0 Å². The SMILES string of the molecule is CC(C)(C)c1cc(C2(c3cc4c(c(C(C)(C)C)c3)OC(=O)C4c3ccccc3)CCCCC2)cc2c1OC(=O)C2c1ccccc1.[HH]. The van der Waals surface area contributed by atoms with Crippen molar-refractivity contribution in [2.45, 2.75) is 102 Å². The molecule has 1 fully saturated rings. The Kier molecular flexibility index (Phi) is 7.27. The van der Waals surface area contributed by atoms with E-state index in [1.54, 1.807) is 0 Å². The predicted octanol–water partition coefficient (Wildman–Crippen LogP) is 9.88. The Labute approximate surface area is 274 Å². The van der Waals surface area contributed by atoms with Crippen LogP contribution in [0, 0.1) is 0 Å². The summed E-state index contributed by atoms with van der Waals surface area (Å²) in [5.74, 6) is 0.0843. The van der Waals surface area contributed by atoms with E-state index in [1.165, 1.54) is 17.5 Å². The minimum atomic E-state index is -0.462. The van der Waals surface area contributed by atoms with E-state index < -0.39 is 11.8 Å². The highest BCUT2D eigenvalue weighted by atomic mass is 16.5. The molecule has 4 nitrogen and oxygen atoms in total. The number of rotatable bonds is 4. The molecule has 4 heteroatoms. The van der Waals surface area contributed by atoms with Gasteiger partial charge in [0.25, 0.3) is 0 Å². The van der Waals surface area contributed by atoms with Gasteiger partial charge >= 0.3 is 11.9 Å². The van der Waals surface area contributed by atoms with E-state index in [2.05, 4.69) is 65.8 Å². The third kappa shape index (κ3) is 4.98. The van der Waals surface area contributed by atoms with E-state index in [4.69, 9.17) is 9.47 Å². The third-order valence-corrected chi connectivity index (χ3v) is 10.4. The Morgan fingerprint density at radius 3 is 1.35 bits per heavy atom. The van der Waals surface area contributed by atoms with Crippen LogP contribution in [-0.4, -0.2) is 11.9 Å². The van der Waals surface area contributed by atoms with Crippen LogP contribution in [0.15, 0.2) is 84.9 Å². The van der Waals surface area contributed by atoms with Crippen LogP contribution in [0.3, 0.4) is 0 Å². The van der Waals surface area contributed by atoms with Crippen LogP contribution in [0.5, 0.6) is 11.5 Å². The minimum absolute atomic E-state index is 0. The summed E-state index contributed by atoms with van der Waals surface area (Å²) in [6.45, 7) is 13.2. The molecular formula is C42H46O4. The summed E-state index contributed by atoms with van der Waals surface area (Å²) < 4.78 is 12.2. The zero-order valence-electron chi connectivity index (χ0n) is 27.9. The quantitative estimate of drug-likeness (QED) is 0.170. The van der Waals surface area contributed by atoms with Crippen molar-refractivity contribution >= 4 is 11.9 Å². The predicted molar refractivity (Wildman–Crippen MR) is 184 cm³/mol. The fourth-order valence-corrected chi connectivity index (χ4v) is 8.02. The Morgan fingerprint density at radius 2 is 0.978 bits per heavy atom. The molecule has 0 radical (unpaired) electrons. The second-order valence-corrected chi connectivity index (χ2v) is 15.6. The molecule has 0 bridgehead atoms. The molecule has 1 saturated carbocycles. The van der Waals surface area contributed by atoms with Gasteiger partial charge < -0.3 is 9.47 Å². The van der Waals surface area contributed by atoms with Crippen molar-refractivity contribution in [1.29, 1.82) is 0 Å². The van der Waals surface area contributed by atoms with Crippen LogP contribution in [0.1, 0.15) is 131 Å². The van der Waals surface area contributed by atoms with E-state index in [0.717, 1.165) is 59.1 Å². The summed E-state index contributed by atoms with van der Waals surface area (Å²) in [6, 6.07) is 29.2. The first-order valence-electron chi connectivity index (χ1n) is 16.8. The van der Waals surface area contributed by atoms with Crippen LogP contribution in [-0.2, 0) is 25.8 Å². The molecule has 2 unspecified atom stereocenters. The highest BCUT2D eigenvalue weighted by molar-refractivity contribution is 5.91. The Bertz CT molecular complexity index is 1690. The van der Waals surface area contributed by atoms with Crippen molar-refractivity contribution in [3.05, 3.63) is 129 Å². The fourth-order valence-electron chi connectivity index (χ4n) is 8.02. The molecule has 4 aromatic rings. The molecule has 4 aromatic carbocycles. The molecule has 0 N–H and O–H groups in total. The van der Waals surface area contributed by atoms with Crippen LogP contribution in [0.2, 0.25) is 0 Å². The molecule has 238 valence electrons. The molecule has 3 aliphatic rings. The smallest absolute Gasteiger partial charge is 0.323 e. The van der Waals surface area contributed by atoms with Crippen molar-refractivity contribution < 1.29 is 20.5 Å². The molecule has 2 aliphatic heterocycles. The lowest BCUT2D eigenvalue weighted by Gasteiger charge is -2.41. The van der Waals surface area contributed by atoms with Crippen LogP contribution < -0.4 is 9.47 Å². The van der Waals surface area contributed by atoms with Gasteiger partial charge in [-0.25, -0.2) is 0 Å². The van der Waals surface area contributed by atoms with Gasteiger partial charge in [-0.15, -0.1) is 0 Å². The van der Waals surface area contributed by atoms with E-state index in [1.807, 2.05) is 60.7 Å². The second kappa shape index (κ2) is 11.0. The van der Waals surface area contributed by atoms with Crippen molar-refractivity contribution in [1.82, 2.24) is 0 Å². The number of hydrogen-bond donors (Lipinski definition) is 0. The number of carbonyl (C=O) groups excluding carboxylic acids is 2. The second-order valence-electron chi connectivity index (χ2n) is 15.6. The number of fused-ring (bicyclic) bond motifs is 2. The first-order valence-corrected chi connectivity index (χ1v) is 16.8. The Morgan fingerprint density at radius 1 is 0.587 bits per heavy atom. The van der Waals surface area contributed by atoms with Gasteiger partial charge in [-0.1, -0.05) is 134 Å².